The summed E-state index contributed by atoms with van der Waals surface area (Å²) in [6.07, 6.45) is 0. The average molecular weight is 629 g/mol. The maximum Gasteiger partial charge on any atom is 0.192 e. The van der Waals surface area contributed by atoms with Gasteiger partial charge >= 0.3 is 0 Å². The van der Waals surface area contributed by atoms with Crippen LogP contribution in [0.1, 0.15) is 60.7 Å². The van der Waals surface area contributed by atoms with Gasteiger partial charge in [-0.3, -0.25) is 4.57 Å². The average Bonchev–Trinajstić information content (AvgIpc) is 3.85. The van der Waals surface area contributed by atoms with Gasteiger partial charge in [0.1, 0.15) is 11.4 Å². The fourth-order valence-electron chi connectivity index (χ4n) is 7.28. The number of fused-ring (bicyclic) bond motifs is 8. The standard InChI is InChI=1S/C43H35N3O2/c1-24(2)34-22-29(27-12-7-6-8-13-27)23-35(25(3)4)39(34)46-40-30-15-10-9-14-28(30)18-20-36(40)45-43(46)33-17-11-16-31-32-19-21-37-38(44-26(5)47-37)42(32)48-41(31)33/h6-25H,1-5H3/i5D3. The minimum absolute atomic E-state index is 0.205. The lowest BCUT2D eigenvalue weighted by atomic mass is 9.88. The van der Waals surface area contributed by atoms with Gasteiger partial charge in [0.05, 0.1) is 22.3 Å². The van der Waals surface area contributed by atoms with E-state index in [2.05, 4.69) is 122 Å². The second-order valence-corrected chi connectivity index (χ2v) is 13.2. The van der Waals surface area contributed by atoms with Crippen molar-refractivity contribution in [2.24, 2.45) is 0 Å². The molecule has 3 heterocycles. The van der Waals surface area contributed by atoms with E-state index >= 15 is 0 Å². The fourth-order valence-corrected chi connectivity index (χ4v) is 7.28. The highest BCUT2D eigenvalue weighted by atomic mass is 16.4. The van der Waals surface area contributed by atoms with Gasteiger partial charge in [0.25, 0.3) is 0 Å². The number of rotatable bonds is 5. The molecular formula is C43H35N3O2. The number of aromatic nitrogens is 3. The van der Waals surface area contributed by atoms with E-state index < -0.39 is 6.85 Å². The molecule has 0 atom stereocenters. The first-order chi connectivity index (χ1) is 24.6. The number of imidazole rings is 1. The Balaban J connectivity index is 1.41. The number of oxazole rings is 1. The SMILES string of the molecule is [2H]C([2H])([2H])c1nc2c(ccc3c4cccc(-c5nc6ccc7ccccc7c6n5-c5c(C(C)C)cc(-c6ccccc6)cc5C(C)C)c4oc32)o1. The van der Waals surface area contributed by atoms with Crippen molar-refractivity contribution in [2.45, 2.75) is 46.4 Å². The van der Waals surface area contributed by atoms with Crippen LogP contribution in [0.15, 0.2) is 118 Å². The van der Waals surface area contributed by atoms with Crippen LogP contribution in [0.2, 0.25) is 0 Å². The van der Waals surface area contributed by atoms with Gasteiger partial charge in [-0.15, -0.1) is 0 Å². The smallest absolute Gasteiger partial charge is 0.192 e. The van der Waals surface area contributed by atoms with E-state index in [1.54, 1.807) is 6.07 Å². The number of aryl methyl sites for hydroxylation is 1. The summed E-state index contributed by atoms with van der Waals surface area (Å²) in [7, 11) is 0. The first-order valence-corrected chi connectivity index (χ1v) is 16.5. The summed E-state index contributed by atoms with van der Waals surface area (Å²) in [4.78, 5) is 9.80. The molecule has 0 aliphatic heterocycles. The van der Waals surface area contributed by atoms with Crippen molar-refractivity contribution in [3.63, 3.8) is 0 Å². The van der Waals surface area contributed by atoms with Gasteiger partial charge in [0, 0.05) is 27.1 Å². The zero-order valence-corrected chi connectivity index (χ0v) is 27.2. The molecule has 5 heteroatoms. The molecular weight excluding hydrogens is 590 g/mol. The molecule has 0 saturated heterocycles. The summed E-state index contributed by atoms with van der Waals surface area (Å²) in [6, 6.07) is 37.8. The van der Waals surface area contributed by atoms with Crippen molar-refractivity contribution in [3.8, 4) is 28.2 Å². The monoisotopic (exact) mass is 628 g/mol. The van der Waals surface area contributed by atoms with Crippen molar-refractivity contribution in [2.75, 3.05) is 0 Å². The molecule has 5 nitrogen and oxygen atoms in total. The molecule has 234 valence electrons. The highest BCUT2D eigenvalue weighted by molar-refractivity contribution is 6.16. The molecule has 9 aromatic rings. The van der Waals surface area contributed by atoms with Crippen LogP contribution < -0.4 is 0 Å². The molecule has 0 unspecified atom stereocenters. The van der Waals surface area contributed by atoms with E-state index in [0.29, 0.717) is 22.3 Å². The summed E-state index contributed by atoms with van der Waals surface area (Å²) >= 11 is 0. The Labute approximate surface area is 282 Å². The largest absolute Gasteiger partial charge is 0.453 e. The zero-order chi connectivity index (χ0) is 35.2. The Hall–Kier alpha value is -5.68. The Morgan fingerprint density at radius 1 is 0.646 bits per heavy atom. The number of para-hydroxylation sites is 1. The van der Waals surface area contributed by atoms with E-state index in [1.807, 2.05) is 18.2 Å². The molecule has 0 fully saturated rings. The molecule has 0 N–H and O–H groups in total. The predicted octanol–water partition coefficient (Wildman–Crippen LogP) is 12.1. The third-order valence-electron chi connectivity index (χ3n) is 9.55. The van der Waals surface area contributed by atoms with E-state index in [9.17, 15) is 0 Å². The Morgan fingerprint density at radius 2 is 1.38 bits per heavy atom. The quantitative estimate of drug-likeness (QED) is 0.190. The first kappa shape index (κ1) is 25.4. The van der Waals surface area contributed by atoms with E-state index in [1.165, 1.54) is 22.3 Å². The minimum Gasteiger partial charge on any atom is -0.453 e. The van der Waals surface area contributed by atoms with Gasteiger partial charge < -0.3 is 8.83 Å². The molecule has 0 spiro atoms. The lowest BCUT2D eigenvalue weighted by molar-refractivity contribution is 0.561. The van der Waals surface area contributed by atoms with Crippen molar-refractivity contribution in [3.05, 3.63) is 126 Å². The van der Waals surface area contributed by atoms with Crippen molar-refractivity contribution in [1.29, 1.82) is 0 Å². The predicted molar refractivity (Wildman–Crippen MR) is 197 cm³/mol. The molecule has 0 aliphatic rings. The van der Waals surface area contributed by atoms with Crippen LogP contribution in [0.3, 0.4) is 0 Å². The number of hydrogen-bond acceptors (Lipinski definition) is 4. The second-order valence-electron chi connectivity index (χ2n) is 13.2. The second kappa shape index (κ2) is 10.7. The number of hydrogen-bond donors (Lipinski definition) is 0. The normalized spacial score (nSPS) is 13.4. The van der Waals surface area contributed by atoms with Crippen LogP contribution in [-0.4, -0.2) is 14.5 Å². The molecule has 48 heavy (non-hydrogen) atoms. The Bertz CT molecular complexity index is 2780. The molecule has 0 amide bonds. The van der Waals surface area contributed by atoms with Gasteiger partial charge in [-0.2, -0.15) is 0 Å². The maximum atomic E-state index is 7.88. The summed E-state index contributed by atoms with van der Waals surface area (Å²) in [5.74, 6) is 0.871. The van der Waals surface area contributed by atoms with Gasteiger partial charge in [0.15, 0.2) is 22.6 Å². The Morgan fingerprint density at radius 3 is 2.15 bits per heavy atom. The van der Waals surface area contributed by atoms with Gasteiger partial charge in [-0.05, 0) is 75.9 Å². The maximum absolute atomic E-state index is 7.88. The number of nitrogens with zero attached hydrogens (tertiary/aromatic N) is 3. The molecule has 0 aliphatic carbocycles. The molecule has 0 bridgehead atoms. The molecule has 3 aromatic heterocycles. The van der Waals surface area contributed by atoms with E-state index in [4.69, 9.17) is 17.9 Å². The third kappa shape index (κ3) is 4.24. The van der Waals surface area contributed by atoms with Gasteiger partial charge in [0.2, 0.25) is 0 Å². The highest BCUT2D eigenvalue weighted by Crippen LogP contribution is 2.44. The number of benzene rings is 6. The third-order valence-corrected chi connectivity index (χ3v) is 9.55. The zero-order valence-electron chi connectivity index (χ0n) is 30.2. The highest BCUT2D eigenvalue weighted by Gasteiger charge is 2.27. The number of furan rings is 1. The van der Waals surface area contributed by atoms with Crippen LogP contribution >= 0.6 is 0 Å². The van der Waals surface area contributed by atoms with Crippen LogP contribution in [0.4, 0.5) is 0 Å². The first-order valence-electron chi connectivity index (χ1n) is 18.0. The van der Waals surface area contributed by atoms with E-state index in [-0.39, 0.29) is 17.7 Å². The lowest BCUT2D eigenvalue weighted by Gasteiger charge is -2.24. The molecule has 9 rings (SSSR count). The van der Waals surface area contributed by atoms with Crippen molar-refractivity contribution >= 4 is 54.8 Å². The summed E-state index contributed by atoms with van der Waals surface area (Å²) in [5, 5.41) is 3.97. The molecule has 0 saturated carbocycles. The van der Waals surface area contributed by atoms with Crippen molar-refractivity contribution in [1.82, 2.24) is 14.5 Å². The summed E-state index contributed by atoms with van der Waals surface area (Å²) < 4.78 is 38.4. The minimum atomic E-state index is -2.48. The lowest BCUT2D eigenvalue weighted by Crippen LogP contribution is -2.09. The fraction of sp³-hybridized carbons (Fsp3) is 0.163. The van der Waals surface area contributed by atoms with Crippen LogP contribution in [0, 0.1) is 6.85 Å². The van der Waals surface area contributed by atoms with Crippen LogP contribution in [-0.2, 0) is 0 Å². The molecule has 6 aromatic carbocycles. The van der Waals surface area contributed by atoms with Gasteiger partial charge in [-0.1, -0.05) is 100 Å². The Kier molecular flexibility index (Phi) is 5.65. The van der Waals surface area contributed by atoms with Crippen LogP contribution in [0.5, 0.6) is 0 Å². The summed E-state index contributed by atoms with van der Waals surface area (Å²) in [6.45, 7) is 6.54. The summed E-state index contributed by atoms with van der Waals surface area (Å²) in [5.41, 5.74) is 10.6. The molecule has 0 radical (unpaired) electrons. The van der Waals surface area contributed by atoms with Crippen LogP contribution in [0.25, 0.3) is 83.0 Å². The topological polar surface area (TPSA) is 57.0 Å². The van der Waals surface area contributed by atoms with E-state index in [0.717, 1.165) is 49.7 Å². The van der Waals surface area contributed by atoms with Crippen molar-refractivity contribution < 1.29 is 12.9 Å². The van der Waals surface area contributed by atoms with Gasteiger partial charge in [-0.25, -0.2) is 9.97 Å².